The van der Waals surface area contributed by atoms with Crippen molar-refractivity contribution in [1.82, 2.24) is 9.88 Å². The molecule has 2 heterocycles. The average molecular weight is 328 g/mol. The van der Waals surface area contributed by atoms with E-state index in [1.807, 2.05) is 18.0 Å². The number of aromatic nitrogens is 1. The number of thiazole rings is 1. The van der Waals surface area contributed by atoms with Crippen LogP contribution in [-0.2, 0) is 4.79 Å². The zero-order valence-corrected chi connectivity index (χ0v) is 13.7. The lowest BCUT2D eigenvalue weighted by molar-refractivity contribution is -0.140. The maximum Gasteiger partial charge on any atom is 0.248 e. The lowest BCUT2D eigenvalue weighted by Crippen LogP contribution is -2.44. The molecule has 0 unspecified atom stereocenters. The van der Waals surface area contributed by atoms with Gasteiger partial charge in [0, 0.05) is 48.8 Å². The van der Waals surface area contributed by atoms with E-state index < -0.39 is 5.92 Å². The summed E-state index contributed by atoms with van der Waals surface area (Å²) in [6.07, 6.45) is 4.26. The van der Waals surface area contributed by atoms with Crippen molar-refractivity contribution in [2.45, 2.75) is 57.3 Å². The fourth-order valence-corrected chi connectivity index (χ4v) is 4.38. The quantitative estimate of drug-likeness (QED) is 0.822. The fourth-order valence-electron chi connectivity index (χ4n) is 3.49. The molecule has 122 valence electrons. The third-order valence-electron chi connectivity index (χ3n) is 4.79. The molecule has 22 heavy (non-hydrogen) atoms. The highest BCUT2D eigenvalue weighted by Gasteiger charge is 2.39. The van der Waals surface area contributed by atoms with Crippen LogP contribution in [0.5, 0.6) is 0 Å². The van der Waals surface area contributed by atoms with Crippen molar-refractivity contribution >= 4 is 17.2 Å². The van der Waals surface area contributed by atoms with Crippen molar-refractivity contribution < 1.29 is 13.6 Å². The first kappa shape index (κ1) is 15.8. The number of carbonyl (C=O) groups excluding carboxylic acids is 1. The van der Waals surface area contributed by atoms with E-state index in [4.69, 9.17) is 0 Å². The number of nitrogens with zero attached hydrogens (tertiary/aromatic N) is 2. The summed E-state index contributed by atoms with van der Waals surface area (Å²) in [7, 11) is 0. The molecule has 1 atom stereocenters. The third-order valence-corrected chi connectivity index (χ3v) is 5.86. The average Bonchev–Trinajstić information content (AvgIpc) is 2.93. The Morgan fingerprint density at radius 1 is 1.36 bits per heavy atom. The number of hydrogen-bond acceptors (Lipinski definition) is 3. The molecule has 1 aromatic rings. The molecule has 6 heteroatoms. The van der Waals surface area contributed by atoms with Crippen LogP contribution in [0, 0.1) is 12.8 Å². The van der Waals surface area contributed by atoms with Crippen molar-refractivity contribution in [3.63, 3.8) is 0 Å². The van der Waals surface area contributed by atoms with Crippen LogP contribution in [-0.4, -0.2) is 34.8 Å². The predicted octanol–water partition coefficient (Wildman–Crippen LogP) is 3.98. The van der Waals surface area contributed by atoms with Gasteiger partial charge in [0.15, 0.2) is 0 Å². The van der Waals surface area contributed by atoms with E-state index in [9.17, 15) is 13.6 Å². The van der Waals surface area contributed by atoms with Crippen LogP contribution >= 0.6 is 11.3 Å². The Morgan fingerprint density at radius 2 is 2.09 bits per heavy atom. The number of carbonyl (C=O) groups is 1. The Bertz CT molecular complexity index is 536. The van der Waals surface area contributed by atoms with Crippen LogP contribution in [0.1, 0.15) is 54.3 Å². The molecule has 1 aromatic heterocycles. The molecule has 3 rings (SSSR count). The van der Waals surface area contributed by atoms with Gasteiger partial charge in [-0.05, 0) is 32.6 Å². The van der Waals surface area contributed by atoms with E-state index in [1.54, 1.807) is 11.3 Å². The number of alkyl halides is 2. The van der Waals surface area contributed by atoms with E-state index in [2.05, 4.69) is 4.98 Å². The summed E-state index contributed by atoms with van der Waals surface area (Å²) in [6.45, 7) is 3.49. The van der Waals surface area contributed by atoms with Gasteiger partial charge in [0.1, 0.15) is 0 Å². The first-order valence-corrected chi connectivity index (χ1v) is 8.85. The molecular formula is C16H22F2N2OS. The Kier molecular flexibility index (Phi) is 4.48. The molecule has 0 radical (unpaired) electrons. The zero-order chi connectivity index (χ0) is 15.7. The minimum atomic E-state index is -2.57. The van der Waals surface area contributed by atoms with Crippen molar-refractivity contribution in [1.29, 1.82) is 0 Å². The normalized spacial score (nSPS) is 26.1. The molecule has 1 amide bonds. The summed E-state index contributed by atoms with van der Waals surface area (Å²) in [6, 6.07) is 0. The van der Waals surface area contributed by atoms with E-state index in [0.717, 1.165) is 24.4 Å². The summed E-state index contributed by atoms with van der Waals surface area (Å²) in [5, 5.41) is 1.10. The van der Waals surface area contributed by atoms with Gasteiger partial charge in [-0.2, -0.15) is 0 Å². The molecule has 0 N–H and O–H groups in total. The summed E-state index contributed by atoms with van der Waals surface area (Å²) < 4.78 is 26.5. The molecule has 0 spiro atoms. The molecule has 1 saturated heterocycles. The van der Waals surface area contributed by atoms with Gasteiger partial charge in [0.2, 0.25) is 11.8 Å². The SMILES string of the molecule is Cc1cnc([C@@H]2CCCN(C(=O)C3CCC(F)(F)CC3)C2)s1. The van der Waals surface area contributed by atoms with Gasteiger partial charge in [-0.25, -0.2) is 13.8 Å². The maximum atomic E-state index is 13.2. The van der Waals surface area contributed by atoms with Crippen LogP contribution in [0.15, 0.2) is 6.20 Å². The predicted molar refractivity (Wildman–Crippen MR) is 82.3 cm³/mol. The molecule has 2 aliphatic rings. The number of likely N-dealkylation sites (tertiary alicyclic amines) is 1. The summed E-state index contributed by atoms with van der Waals surface area (Å²) in [5.74, 6) is -2.40. The molecule has 3 nitrogen and oxygen atoms in total. The Hall–Kier alpha value is -1.04. The van der Waals surface area contributed by atoms with E-state index >= 15 is 0 Å². The number of aryl methyl sites for hydroxylation is 1. The molecule has 1 aliphatic carbocycles. The Morgan fingerprint density at radius 3 is 2.73 bits per heavy atom. The summed E-state index contributed by atoms with van der Waals surface area (Å²) in [4.78, 5) is 20.1. The standard InChI is InChI=1S/C16H22F2N2OS/c1-11-9-19-14(22-11)13-3-2-8-20(10-13)15(21)12-4-6-16(17,18)7-5-12/h9,12-13H,2-8,10H2,1H3/t13-/m1/s1. The lowest BCUT2D eigenvalue weighted by Gasteiger charge is -2.36. The molecule has 0 aromatic carbocycles. The second kappa shape index (κ2) is 6.22. The first-order valence-electron chi connectivity index (χ1n) is 8.03. The number of amides is 1. The maximum absolute atomic E-state index is 13.2. The van der Waals surface area contributed by atoms with Gasteiger partial charge in [0.25, 0.3) is 0 Å². The molecule has 1 aliphatic heterocycles. The van der Waals surface area contributed by atoms with Crippen LogP contribution in [0.25, 0.3) is 0 Å². The third kappa shape index (κ3) is 3.47. The number of piperidine rings is 1. The molecule has 2 fully saturated rings. The van der Waals surface area contributed by atoms with Gasteiger partial charge < -0.3 is 4.90 Å². The van der Waals surface area contributed by atoms with Crippen LogP contribution < -0.4 is 0 Å². The minimum absolute atomic E-state index is 0.0773. The minimum Gasteiger partial charge on any atom is -0.342 e. The van der Waals surface area contributed by atoms with E-state index in [1.165, 1.54) is 4.88 Å². The topological polar surface area (TPSA) is 33.2 Å². The summed E-state index contributed by atoms with van der Waals surface area (Å²) >= 11 is 1.70. The smallest absolute Gasteiger partial charge is 0.248 e. The Labute approximate surface area is 133 Å². The Balaban J connectivity index is 1.61. The molecule has 0 bridgehead atoms. The fraction of sp³-hybridized carbons (Fsp3) is 0.750. The van der Waals surface area contributed by atoms with Crippen molar-refractivity contribution in [2.24, 2.45) is 5.92 Å². The van der Waals surface area contributed by atoms with Crippen molar-refractivity contribution in [3.05, 3.63) is 16.1 Å². The van der Waals surface area contributed by atoms with Crippen molar-refractivity contribution in [2.75, 3.05) is 13.1 Å². The largest absolute Gasteiger partial charge is 0.342 e. The van der Waals surface area contributed by atoms with E-state index in [-0.39, 0.29) is 24.7 Å². The van der Waals surface area contributed by atoms with E-state index in [0.29, 0.717) is 25.3 Å². The van der Waals surface area contributed by atoms with Crippen LogP contribution in [0.4, 0.5) is 8.78 Å². The lowest BCUT2D eigenvalue weighted by atomic mass is 9.85. The highest BCUT2D eigenvalue weighted by Crippen LogP contribution is 2.38. The zero-order valence-electron chi connectivity index (χ0n) is 12.9. The molecule has 1 saturated carbocycles. The number of rotatable bonds is 2. The highest BCUT2D eigenvalue weighted by atomic mass is 32.1. The van der Waals surface area contributed by atoms with Gasteiger partial charge in [-0.1, -0.05) is 0 Å². The number of halogens is 2. The highest BCUT2D eigenvalue weighted by molar-refractivity contribution is 7.11. The first-order chi connectivity index (χ1) is 10.4. The van der Waals surface area contributed by atoms with Gasteiger partial charge >= 0.3 is 0 Å². The van der Waals surface area contributed by atoms with Crippen molar-refractivity contribution in [3.8, 4) is 0 Å². The second-order valence-electron chi connectivity index (χ2n) is 6.56. The second-order valence-corrected chi connectivity index (χ2v) is 7.83. The van der Waals surface area contributed by atoms with Crippen LogP contribution in [0.2, 0.25) is 0 Å². The number of hydrogen-bond donors (Lipinski definition) is 0. The monoisotopic (exact) mass is 328 g/mol. The van der Waals surface area contributed by atoms with Gasteiger partial charge in [0.05, 0.1) is 5.01 Å². The van der Waals surface area contributed by atoms with Crippen LogP contribution in [0.3, 0.4) is 0 Å². The van der Waals surface area contributed by atoms with Gasteiger partial charge in [-0.3, -0.25) is 4.79 Å². The van der Waals surface area contributed by atoms with Gasteiger partial charge in [-0.15, -0.1) is 11.3 Å². The molecular weight excluding hydrogens is 306 g/mol. The summed E-state index contributed by atoms with van der Waals surface area (Å²) in [5.41, 5.74) is 0.